The second-order valence-corrected chi connectivity index (χ2v) is 7.52. The summed E-state index contributed by atoms with van der Waals surface area (Å²) in [5, 5.41) is 3.15. The highest BCUT2D eigenvalue weighted by atomic mass is 16.3. The number of nitrogens with one attached hydrogen (secondary N) is 1. The van der Waals surface area contributed by atoms with E-state index >= 15 is 0 Å². The summed E-state index contributed by atoms with van der Waals surface area (Å²) in [6.45, 7) is 0.406. The van der Waals surface area contributed by atoms with E-state index in [9.17, 15) is 9.59 Å². The van der Waals surface area contributed by atoms with Gasteiger partial charge >= 0.3 is 0 Å². The standard InChI is InChI=1S/C21H25N3O3/c22-16-7-9-17(10-8-16)23-20(25)18-12-14-4-1-2-5-15(14)13-24(18)21(26)19-6-3-11-27-19/h1-6,11,16-18H,7-10,12-13,22H2,(H,23,25). The summed E-state index contributed by atoms with van der Waals surface area (Å²) in [4.78, 5) is 27.7. The molecule has 1 aromatic heterocycles. The van der Waals surface area contributed by atoms with E-state index in [-0.39, 0.29) is 29.7 Å². The molecule has 1 saturated carbocycles. The number of rotatable bonds is 3. The molecule has 4 rings (SSSR count). The highest BCUT2D eigenvalue weighted by Crippen LogP contribution is 2.26. The lowest BCUT2D eigenvalue weighted by Crippen LogP contribution is -2.54. The van der Waals surface area contributed by atoms with Crippen LogP contribution in [0.4, 0.5) is 0 Å². The van der Waals surface area contributed by atoms with Gasteiger partial charge in [0.15, 0.2) is 5.76 Å². The van der Waals surface area contributed by atoms with Crippen molar-refractivity contribution in [3.63, 3.8) is 0 Å². The molecule has 142 valence electrons. The average molecular weight is 367 g/mol. The van der Waals surface area contributed by atoms with Crippen molar-refractivity contribution in [3.8, 4) is 0 Å². The van der Waals surface area contributed by atoms with E-state index in [0.29, 0.717) is 13.0 Å². The van der Waals surface area contributed by atoms with E-state index in [0.717, 1.165) is 36.8 Å². The maximum Gasteiger partial charge on any atom is 0.290 e. The van der Waals surface area contributed by atoms with Gasteiger partial charge in [-0.15, -0.1) is 0 Å². The smallest absolute Gasteiger partial charge is 0.290 e. The SMILES string of the molecule is NC1CCC(NC(=O)C2Cc3ccccc3CN2C(=O)c2ccco2)CC1. The number of amides is 2. The molecule has 1 fully saturated rings. The van der Waals surface area contributed by atoms with Crippen LogP contribution in [0.3, 0.4) is 0 Å². The Morgan fingerprint density at radius 1 is 1.04 bits per heavy atom. The Bertz CT molecular complexity index is 810. The number of hydrogen-bond donors (Lipinski definition) is 2. The zero-order valence-corrected chi connectivity index (χ0v) is 15.3. The Hall–Kier alpha value is -2.60. The molecule has 6 nitrogen and oxygen atoms in total. The summed E-state index contributed by atoms with van der Waals surface area (Å²) >= 11 is 0. The average Bonchev–Trinajstić information content (AvgIpc) is 3.23. The van der Waals surface area contributed by atoms with Crippen LogP contribution in [0.2, 0.25) is 0 Å². The van der Waals surface area contributed by atoms with Crippen LogP contribution in [0, 0.1) is 0 Å². The molecule has 0 spiro atoms. The minimum absolute atomic E-state index is 0.0927. The molecule has 1 aliphatic heterocycles. The molecule has 3 N–H and O–H groups in total. The van der Waals surface area contributed by atoms with E-state index in [2.05, 4.69) is 5.32 Å². The summed E-state index contributed by atoms with van der Waals surface area (Å²) < 4.78 is 5.29. The number of carbonyl (C=O) groups excluding carboxylic acids is 2. The van der Waals surface area contributed by atoms with Gasteiger partial charge in [-0.25, -0.2) is 0 Å². The van der Waals surface area contributed by atoms with E-state index in [1.165, 1.54) is 6.26 Å². The molecule has 0 saturated heterocycles. The normalized spacial score (nSPS) is 24.9. The number of nitrogens with zero attached hydrogens (tertiary/aromatic N) is 1. The van der Waals surface area contributed by atoms with Crippen LogP contribution in [0.5, 0.6) is 0 Å². The molecule has 1 atom stereocenters. The second-order valence-electron chi connectivity index (χ2n) is 7.52. The molecule has 0 bridgehead atoms. The lowest BCUT2D eigenvalue weighted by atomic mass is 9.90. The van der Waals surface area contributed by atoms with Crippen LogP contribution in [0.15, 0.2) is 47.1 Å². The fourth-order valence-corrected chi connectivity index (χ4v) is 4.07. The van der Waals surface area contributed by atoms with Crippen molar-refractivity contribution in [1.29, 1.82) is 0 Å². The highest BCUT2D eigenvalue weighted by Gasteiger charge is 2.36. The summed E-state index contributed by atoms with van der Waals surface area (Å²) in [5.41, 5.74) is 8.16. The maximum absolute atomic E-state index is 13.1. The molecule has 0 radical (unpaired) electrons. The Morgan fingerprint density at radius 2 is 1.78 bits per heavy atom. The molecule has 6 heteroatoms. The van der Waals surface area contributed by atoms with Gasteiger partial charge in [0.05, 0.1) is 6.26 Å². The van der Waals surface area contributed by atoms with Crippen LogP contribution in [-0.2, 0) is 17.8 Å². The minimum Gasteiger partial charge on any atom is -0.459 e. The summed E-state index contributed by atoms with van der Waals surface area (Å²) in [5.74, 6) is -0.0824. The maximum atomic E-state index is 13.1. The summed E-state index contributed by atoms with van der Waals surface area (Å²) in [7, 11) is 0. The molecular formula is C21H25N3O3. The zero-order chi connectivity index (χ0) is 18.8. The van der Waals surface area contributed by atoms with Crippen molar-refractivity contribution < 1.29 is 14.0 Å². The molecule has 1 aromatic carbocycles. The van der Waals surface area contributed by atoms with Crippen LogP contribution >= 0.6 is 0 Å². The monoisotopic (exact) mass is 367 g/mol. The first-order valence-corrected chi connectivity index (χ1v) is 9.59. The first-order valence-electron chi connectivity index (χ1n) is 9.59. The van der Waals surface area contributed by atoms with Gasteiger partial charge in [-0.1, -0.05) is 24.3 Å². The molecule has 27 heavy (non-hydrogen) atoms. The van der Waals surface area contributed by atoms with Gasteiger partial charge in [0.2, 0.25) is 5.91 Å². The van der Waals surface area contributed by atoms with Gasteiger partial charge < -0.3 is 20.4 Å². The van der Waals surface area contributed by atoms with Gasteiger partial charge in [0, 0.05) is 25.0 Å². The number of fused-ring (bicyclic) bond motifs is 1. The Kier molecular flexibility index (Phi) is 4.99. The molecule has 2 aromatic rings. The first-order chi connectivity index (χ1) is 13.1. The van der Waals surface area contributed by atoms with Gasteiger partial charge in [0.25, 0.3) is 5.91 Å². The van der Waals surface area contributed by atoms with E-state index in [1.807, 2.05) is 24.3 Å². The lowest BCUT2D eigenvalue weighted by Gasteiger charge is -2.37. The van der Waals surface area contributed by atoms with Crippen LogP contribution in [0.25, 0.3) is 0 Å². The Labute approximate surface area is 158 Å². The first kappa shape index (κ1) is 17.8. The second kappa shape index (κ2) is 7.56. The van der Waals surface area contributed by atoms with Crippen molar-refractivity contribution in [1.82, 2.24) is 10.2 Å². The van der Waals surface area contributed by atoms with Gasteiger partial charge in [-0.2, -0.15) is 0 Å². The number of benzene rings is 1. The lowest BCUT2D eigenvalue weighted by molar-refractivity contribution is -0.127. The predicted molar refractivity (Wildman–Crippen MR) is 101 cm³/mol. The van der Waals surface area contributed by atoms with Crippen molar-refractivity contribution in [2.45, 2.75) is 56.8 Å². The third-order valence-corrected chi connectivity index (χ3v) is 5.66. The Balaban J connectivity index is 1.55. The number of nitrogens with two attached hydrogens (primary N) is 1. The van der Waals surface area contributed by atoms with Crippen molar-refractivity contribution in [2.24, 2.45) is 5.73 Å². The molecule has 2 amide bonds. The highest BCUT2D eigenvalue weighted by molar-refractivity contribution is 5.96. The largest absolute Gasteiger partial charge is 0.459 e. The number of hydrogen-bond acceptors (Lipinski definition) is 4. The molecular weight excluding hydrogens is 342 g/mol. The van der Waals surface area contributed by atoms with Gasteiger partial charge in [-0.05, 0) is 48.9 Å². The van der Waals surface area contributed by atoms with Crippen molar-refractivity contribution in [3.05, 3.63) is 59.5 Å². The van der Waals surface area contributed by atoms with Gasteiger partial charge in [-0.3, -0.25) is 9.59 Å². The van der Waals surface area contributed by atoms with E-state index < -0.39 is 6.04 Å². The van der Waals surface area contributed by atoms with Crippen molar-refractivity contribution in [2.75, 3.05) is 0 Å². The fourth-order valence-electron chi connectivity index (χ4n) is 4.07. The molecule has 2 aliphatic rings. The fraction of sp³-hybridized carbons (Fsp3) is 0.429. The quantitative estimate of drug-likeness (QED) is 0.871. The Morgan fingerprint density at radius 3 is 2.48 bits per heavy atom. The van der Waals surface area contributed by atoms with E-state index in [1.54, 1.807) is 17.0 Å². The summed E-state index contributed by atoms with van der Waals surface area (Å²) in [6, 6.07) is 11.1. The third kappa shape index (κ3) is 3.76. The third-order valence-electron chi connectivity index (χ3n) is 5.66. The van der Waals surface area contributed by atoms with Crippen molar-refractivity contribution >= 4 is 11.8 Å². The predicted octanol–water partition coefficient (Wildman–Crippen LogP) is 2.23. The van der Waals surface area contributed by atoms with Crippen LogP contribution < -0.4 is 11.1 Å². The minimum atomic E-state index is -0.534. The van der Waals surface area contributed by atoms with Crippen LogP contribution in [0.1, 0.15) is 47.4 Å². The topological polar surface area (TPSA) is 88.6 Å². The number of furan rings is 1. The number of carbonyl (C=O) groups is 2. The molecule has 1 unspecified atom stereocenters. The zero-order valence-electron chi connectivity index (χ0n) is 15.3. The van der Waals surface area contributed by atoms with Gasteiger partial charge in [0.1, 0.15) is 6.04 Å². The van der Waals surface area contributed by atoms with Crippen LogP contribution in [-0.4, -0.2) is 34.8 Å². The van der Waals surface area contributed by atoms with E-state index in [4.69, 9.17) is 10.2 Å². The molecule has 1 aliphatic carbocycles. The molecule has 2 heterocycles. The summed E-state index contributed by atoms with van der Waals surface area (Å²) in [6.07, 6.45) is 5.62.